The fourth-order valence-corrected chi connectivity index (χ4v) is 4.98. The van der Waals surface area contributed by atoms with Crippen molar-refractivity contribution in [1.82, 2.24) is 9.80 Å². The van der Waals surface area contributed by atoms with Gasteiger partial charge in [0.2, 0.25) is 5.91 Å². The van der Waals surface area contributed by atoms with Crippen LogP contribution in [-0.2, 0) is 14.8 Å². The second-order valence-corrected chi connectivity index (χ2v) is 10.8. The number of nitrogens with one attached hydrogen (secondary N) is 2. The summed E-state index contributed by atoms with van der Waals surface area (Å²) >= 11 is 5.89. The van der Waals surface area contributed by atoms with E-state index in [9.17, 15) is 18.0 Å². The summed E-state index contributed by atoms with van der Waals surface area (Å²) in [7, 11) is -3.56. The number of sulfonamides is 1. The number of amides is 3. The third kappa shape index (κ3) is 6.52. The lowest BCUT2D eigenvalue weighted by atomic mass is 10.1. The maximum absolute atomic E-state index is 13.0. The summed E-state index contributed by atoms with van der Waals surface area (Å²) in [5.74, 6) is 0.148. The Balaban J connectivity index is 1.43. The van der Waals surface area contributed by atoms with Crippen molar-refractivity contribution in [2.75, 3.05) is 36.5 Å². The van der Waals surface area contributed by atoms with Crippen molar-refractivity contribution in [2.24, 2.45) is 4.40 Å². The van der Waals surface area contributed by atoms with Crippen molar-refractivity contribution in [3.8, 4) is 0 Å². The molecule has 9 nitrogen and oxygen atoms in total. The van der Waals surface area contributed by atoms with Crippen LogP contribution in [0.1, 0.15) is 31.2 Å². The van der Waals surface area contributed by atoms with E-state index in [1.165, 1.54) is 4.90 Å². The van der Waals surface area contributed by atoms with Crippen molar-refractivity contribution in [3.63, 3.8) is 0 Å². The minimum Gasteiger partial charge on any atom is -0.355 e. The van der Waals surface area contributed by atoms with E-state index in [4.69, 9.17) is 11.6 Å². The predicted molar refractivity (Wildman–Crippen MR) is 137 cm³/mol. The molecule has 2 saturated heterocycles. The van der Waals surface area contributed by atoms with Crippen LogP contribution in [0.2, 0.25) is 5.02 Å². The van der Waals surface area contributed by atoms with Crippen LogP contribution in [0, 0.1) is 0 Å². The van der Waals surface area contributed by atoms with Crippen molar-refractivity contribution in [3.05, 3.63) is 59.1 Å². The molecule has 2 aromatic rings. The molecule has 0 radical (unpaired) electrons. The van der Waals surface area contributed by atoms with Crippen molar-refractivity contribution >= 4 is 50.8 Å². The summed E-state index contributed by atoms with van der Waals surface area (Å²) < 4.78 is 27.6. The SMILES string of the molecule is CS(=O)(=O)N=C(c1ccc(NC(=O)[C@H]2CCCN2C(=O)Nc2ccc(Cl)cc2)cc1)N1CCCC1. The molecule has 4 rings (SSSR count). The molecule has 3 amide bonds. The fraction of sp³-hybridized carbons (Fsp3) is 0.375. The molecule has 0 spiro atoms. The summed E-state index contributed by atoms with van der Waals surface area (Å²) in [6.07, 6.45) is 4.35. The molecule has 2 aliphatic rings. The topological polar surface area (TPSA) is 111 Å². The molecule has 2 heterocycles. The standard InChI is InChI=1S/C24H28ClN5O4S/c1-35(33,34)28-22(29-14-2-3-15-29)17-6-10-19(11-7-17)26-23(31)21-5-4-16-30(21)24(32)27-20-12-8-18(25)9-13-20/h6-13,21H,2-5,14-16H2,1H3,(H,26,31)(H,27,32)/t21-/m1/s1. The van der Waals surface area contributed by atoms with Gasteiger partial charge in [-0.1, -0.05) is 11.6 Å². The van der Waals surface area contributed by atoms with Crippen LogP contribution >= 0.6 is 11.6 Å². The average Bonchev–Trinajstić information content (AvgIpc) is 3.52. The normalized spacial score (nSPS) is 18.6. The monoisotopic (exact) mass is 517 g/mol. The fourth-order valence-electron chi connectivity index (χ4n) is 4.32. The molecule has 0 aliphatic carbocycles. The van der Waals surface area contributed by atoms with E-state index in [2.05, 4.69) is 15.0 Å². The van der Waals surface area contributed by atoms with E-state index in [0.717, 1.165) is 38.6 Å². The molecule has 2 aromatic carbocycles. The van der Waals surface area contributed by atoms with Crippen molar-refractivity contribution < 1.29 is 18.0 Å². The number of hydrogen-bond donors (Lipinski definition) is 2. The number of nitrogens with zero attached hydrogens (tertiary/aromatic N) is 3. The Labute approximate surface area is 210 Å². The van der Waals surface area contributed by atoms with E-state index in [-0.39, 0.29) is 11.9 Å². The van der Waals surface area contributed by atoms with Crippen LogP contribution in [0.25, 0.3) is 0 Å². The molecule has 0 saturated carbocycles. The highest BCUT2D eigenvalue weighted by Gasteiger charge is 2.34. The first-order chi connectivity index (χ1) is 16.7. The first kappa shape index (κ1) is 25.0. The van der Waals surface area contributed by atoms with E-state index in [0.29, 0.717) is 40.8 Å². The molecule has 11 heteroatoms. The van der Waals surface area contributed by atoms with Gasteiger partial charge in [-0.2, -0.15) is 0 Å². The smallest absolute Gasteiger partial charge is 0.322 e. The zero-order chi connectivity index (χ0) is 25.0. The Morgan fingerprint density at radius 3 is 2.14 bits per heavy atom. The molecule has 1 atom stereocenters. The molecule has 35 heavy (non-hydrogen) atoms. The third-order valence-corrected chi connectivity index (χ3v) is 6.74. The number of halogens is 1. The Bertz CT molecular complexity index is 1210. The molecule has 0 bridgehead atoms. The van der Waals surface area contributed by atoms with E-state index >= 15 is 0 Å². The summed E-state index contributed by atoms with van der Waals surface area (Å²) in [5.41, 5.74) is 1.83. The number of carbonyl (C=O) groups excluding carboxylic acids is 2. The molecular weight excluding hydrogens is 490 g/mol. The lowest BCUT2D eigenvalue weighted by molar-refractivity contribution is -0.119. The number of rotatable bonds is 5. The van der Waals surface area contributed by atoms with Gasteiger partial charge in [0.1, 0.15) is 11.9 Å². The summed E-state index contributed by atoms with van der Waals surface area (Å²) in [4.78, 5) is 29.2. The van der Waals surface area contributed by atoms with Crippen molar-refractivity contribution in [1.29, 1.82) is 0 Å². The molecule has 0 aromatic heterocycles. The largest absolute Gasteiger partial charge is 0.355 e. The van der Waals surface area contributed by atoms with Gasteiger partial charge in [-0.15, -0.1) is 4.40 Å². The lowest BCUT2D eigenvalue weighted by Gasteiger charge is -2.24. The first-order valence-corrected chi connectivity index (χ1v) is 13.7. The van der Waals surface area contributed by atoms with Gasteiger partial charge < -0.3 is 20.4 Å². The van der Waals surface area contributed by atoms with E-state index < -0.39 is 16.1 Å². The van der Waals surface area contributed by atoms with Gasteiger partial charge in [0.25, 0.3) is 10.0 Å². The number of urea groups is 1. The molecule has 2 fully saturated rings. The number of hydrogen-bond acceptors (Lipinski definition) is 4. The van der Waals surface area contributed by atoms with Gasteiger partial charge in [0.05, 0.1) is 6.26 Å². The molecule has 2 aliphatic heterocycles. The number of likely N-dealkylation sites (tertiary alicyclic amines) is 2. The van der Waals surface area contributed by atoms with Crippen LogP contribution in [0.4, 0.5) is 16.2 Å². The van der Waals surface area contributed by atoms with Crippen LogP contribution < -0.4 is 10.6 Å². The van der Waals surface area contributed by atoms with Gasteiger partial charge in [-0.25, -0.2) is 13.2 Å². The molecule has 2 N–H and O–H groups in total. The number of amidine groups is 1. The Morgan fingerprint density at radius 1 is 0.914 bits per heavy atom. The number of benzene rings is 2. The maximum atomic E-state index is 13.0. The summed E-state index contributed by atoms with van der Waals surface area (Å²) in [6, 6.07) is 12.8. The van der Waals surface area contributed by atoms with Crippen LogP contribution in [-0.4, -0.2) is 67.9 Å². The molecule has 0 unspecified atom stereocenters. The average molecular weight is 518 g/mol. The molecular formula is C24H28ClN5O4S. The lowest BCUT2D eigenvalue weighted by Crippen LogP contribution is -2.45. The maximum Gasteiger partial charge on any atom is 0.322 e. The zero-order valence-corrected chi connectivity index (χ0v) is 21.0. The second kappa shape index (κ2) is 10.7. The van der Waals surface area contributed by atoms with Crippen LogP contribution in [0.3, 0.4) is 0 Å². The number of anilines is 2. The third-order valence-electron chi connectivity index (χ3n) is 5.98. The minimum atomic E-state index is -3.56. The molecule has 186 valence electrons. The Morgan fingerprint density at radius 2 is 1.51 bits per heavy atom. The highest BCUT2D eigenvalue weighted by molar-refractivity contribution is 7.89. The van der Waals surface area contributed by atoms with Crippen LogP contribution in [0.5, 0.6) is 0 Å². The van der Waals surface area contributed by atoms with E-state index in [1.54, 1.807) is 48.5 Å². The van der Waals surface area contributed by atoms with Crippen molar-refractivity contribution in [2.45, 2.75) is 31.7 Å². The predicted octanol–water partition coefficient (Wildman–Crippen LogP) is 3.78. The van der Waals surface area contributed by atoms with E-state index in [1.807, 2.05) is 4.90 Å². The highest BCUT2D eigenvalue weighted by Crippen LogP contribution is 2.22. The summed E-state index contributed by atoms with van der Waals surface area (Å²) in [6.45, 7) is 1.99. The van der Waals surface area contributed by atoms with Gasteiger partial charge in [-0.05, 0) is 74.2 Å². The van der Waals surface area contributed by atoms with Gasteiger partial charge in [-0.3, -0.25) is 4.79 Å². The summed E-state index contributed by atoms with van der Waals surface area (Å²) in [5, 5.41) is 6.25. The zero-order valence-electron chi connectivity index (χ0n) is 19.4. The Kier molecular flexibility index (Phi) is 7.61. The van der Waals surface area contributed by atoms with Gasteiger partial charge in [0.15, 0.2) is 0 Å². The van der Waals surface area contributed by atoms with Gasteiger partial charge in [0, 0.05) is 41.6 Å². The minimum absolute atomic E-state index is 0.272. The van der Waals surface area contributed by atoms with Gasteiger partial charge >= 0.3 is 6.03 Å². The first-order valence-electron chi connectivity index (χ1n) is 11.5. The number of carbonyl (C=O) groups is 2. The van der Waals surface area contributed by atoms with Crippen LogP contribution in [0.15, 0.2) is 52.9 Å². The second-order valence-electron chi connectivity index (χ2n) is 8.70. The Hall–Kier alpha value is -3.11. The highest BCUT2D eigenvalue weighted by atomic mass is 35.5. The quantitative estimate of drug-likeness (QED) is 0.463.